The van der Waals surface area contributed by atoms with Gasteiger partial charge in [-0.2, -0.15) is 0 Å². The van der Waals surface area contributed by atoms with Crippen LogP contribution in [-0.2, 0) is 4.79 Å². The van der Waals surface area contributed by atoms with Gasteiger partial charge < -0.3 is 14.9 Å². The lowest BCUT2D eigenvalue weighted by atomic mass is 9.78. The summed E-state index contributed by atoms with van der Waals surface area (Å²) in [5.41, 5.74) is 0.151. The molecule has 0 radical (unpaired) electrons. The summed E-state index contributed by atoms with van der Waals surface area (Å²) in [6, 6.07) is 5.28. The number of aliphatic hydroxyl groups is 1. The number of likely N-dealkylation sites (tertiary alicyclic amines) is 1. The van der Waals surface area contributed by atoms with Crippen LogP contribution in [0.1, 0.15) is 44.9 Å². The Morgan fingerprint density at radius 2 is 1.77 bits per heavy atom. The molecular weight excluding hydrogens is 394 g/mol. The first-order valence-corrected chi connectivity index (χ1v) is 11.3. The third-order valence-electron chi connectivity index (χ3n) is 7.24. The molecule has 0 aromatic carbocycles. The van der Waals surface area contributed by atoms with Crippen molar-refractivity contribution in [3.63, 3.8) is 0 Å². The van der Waals surface area contributed by atoms with Crippen LogP contribution in [0.3, 0.4) is 0 Å². The number of pyridine rings is 1. The molecule has 8 nitrogen and oxygen atoms in total. The highest BCUT2D eigenvalue weighted by molar-refractivity contribution is 5.86. The SMILES string of the molecule is O=C1N(C2CCC(O)CC2)CCC12CCCN(c1ncc(-n3ccccc3=O)cn1)C2. The quantitative estimate of drug-likeness (QED) is 0.809. The normalized spacial score (nSPS) is 29.0. The van der Waals surface area contributed by atoms with Gasteiger partial charge in [-0.1, -0.05) is 6.07 Å². The summed E-state index contributed by atoms with van der Waals surface area (Å²) >= 11 is 0. The number of aliphatic hydroxyl groups excluding tert-OH is 1. The molecule has 1 amide bonds. The Kier molecular flexibility index (Phi) is 5.25. The van der Waals surface area contributed by atoms with Crippen molar-refractivity contribution in [1.82, 2.24) is 19.4 Å². The van der Waals surface area contributed by atoms with Crippen LogP contribution in [0.4, 0.5) is 5.95 Å². The second kappa shape index (κ2) is 8.07. The van der Waals surface area contributed by atoms with E-state index >= 15 is 0 Å². The summed E-state index contributed by atoms with van der Waals surface area (Å²) in [6.45, 7) is 2.28. The van der Waals surface area contributed by atoms with Crippen LogP contribution in [0.15, 0.2) is 41.6 Å². The van der Waals surface area contributed by atoms with E-state index in [1.54, 1.807) is 30.7 Å². The summed E-state index contributed by atoms with van der Waals surface area (Å²) in [5.74, 6) is 0.880. The van der Waals surface area contributed by atoms with Gasteiger partial charge in [-0.15, -0.1) is 0 Å². The van der Waals surface area contributed by atoms with Crippen LogP contribution < -0.4 is 10.5 Å². The molecule has 1 saturated carbocycles. The number of hydrogen-bond donors (Lipinski definition) is 1. The van der Waals surface area contributed by atoms with Crippen LogP contribution in [0.5, 0.6) is 0 Å². The van der Waals surface area contributed by atoms with Gasteiger partial charge in [-0.25, -0.2) is 9.97 Å². The van der Waals surface area contributed by atoms with E-state index in [0.717, 1.165) is 58.0 Å². The third kappa shape index (κ3) is 3.73. The largest absolute Gasteiger partial charge is 0.393 e. The lowest BCUT2D eigenvalue weighted by molar-refractivity contribution is -0.139. The Morgan fingerprint density at radius 3 is 2.52 bits per heavy atom. The van der Waals surface area contributed by atoms with E-state index in [1.807, 2.05) is 0 Å². The number of amides is 1. The molecule has 8 heteroatoms. The minimum absolute atomic E-state index is 0.123. The van der Waals surface area contributed by atoms with Gasteiger partial charge in [0, 0.05) is 37.9 Å². The lowest BCUT2D eigenvalue weighted by Gasteiger charge is -2.40. The fraction of sp³-hybridized carbons (Fsp3) is 0.565. The summed E-state index contributed by atoms with van der Waals surface area (Å²) in [6.07, 6.45) is 10.9. The first kappa shape index (κ1) is 20.2. The van der Waals surface area contributed by atoms with E-state index < -0.39 is 0 Å². The molecule has 0 bridgehead atoms. The van der Waals surface area contributed by atoms with Crippen molar-refractivity contribution < 1.29 is 9.90 Å². The Hall–Kier alpha value is -2.74. The van der Waals surface area contributed by atoms with Gasteiger partial charge in [0.15, 0.2) is 0 Å². The van der Waals surface area contributed by atoms with E-state index in [-0.39, 0.29) is 29.0 Å². The third-order valence-corrected chi connectivity index (χ3v) is 7.24. The van der Waals surface area contributed by atoms with E-state index in [0.29, 0.717) is 18.2 Å². The highest BCUT2D eigenvalue weighted by atomic mass is 16.3. The Labute approximate surface area is 181 Å². The topological polar surface area (TPSA) is 91.6 Å². The van der Waals surface area contributed by atoms with Gasteiger partial charge in [0.25, 0.3) is 5.56 Å². The zero-order chi connectivity index (χ0) is 21.4. The first-order valence-electron chi connectivity index (χ1n) is 11.3. The second-order valence-electron chi connectivity index (χ2n) is 9.17. The highest BCUT2D eigenvalue weighted by Crippen LogP contribution is 2.43. The maximum atomic E-state index is 13.5. The minimum Gasteiger partial charge on any atom is -0.393 e. The van der Waals surface area contributed by atoms with Gasteiger partial charge in [-0.05, 0) is 51.0 Å². The van der Waals surface area contributed by atoms with Crippen molar-refractivity contribution in [2.24, 2.45) is 5.41 Å². The standard InChI is InChI=1S/C23H29N5O3/c29-19-7-5-17(6-8-19)28-13-10-23(21(28)31)9-3-11-26(16-23)22-24-14-18(15-25-22)27-12-2-1-4-20(27)30/h1-2,4,12,14-15,17,19,29H,3,5-11,13,16H2. The fourth-order valence-corrected chi connectivity index (χ4v) is 5.49. The number of rotatable bonds is 3. The molecule has 2 saturated heterocycles. The summed E-state index contributed by atoms with van der Waals surface area (Å²) < 4.78 is 1.51. The van der Waals surface area contributed by atoms with E-state index in [9.17, 15) is 14.7 Å². The van der Waals surface area contributed by atoms with Crippen molar-refractivity contribution in [3.05, 3.63) is 47.1 Å². The summed E-state index contributed by atoms with van der Waals surface area (Å²) in [5, 5.41) is 9.80. The molecule has 4 heterocycles. The van der Waals surface area contributed by atoms with Crippen LogP contribution in [0, 0.1) is 5.41 Å². The van der Waals surface area contributed by atoms with E-state index in [4.69, 9.17) is 0 Å². The van der Waals surface area contributed by atoms with Gasteiger partial charge in [-0.3, -0.25) is 14.2 Å². The Bertz CT molecular complexity index is 999. The van der Waals surface area contributed by atoms with Gasteiger partial charge >= 0.3 is 0 Å². The summed E-state index contributed by atoms with van der Waals surface area (Å²) in [7, 11) is 0. The van der Waals surface area contributed by atoms with Crippen molar-refractivity contribution in [1.29, 1.82) is 0 Å². The molecule has 3 aliphatic rings. The van der Waals surface area contributed by atoms with Crippen LogP contribution >= 0.6 is 0 Å². The molecule has 3 fully saturated rings. The number of hydrogen-bond acceptors (Lipinski definition) is 6. The van der Waals surface area contributed by atoms with Crippen molar-refractivity contribution in [2.45, 2.75) is 57.1 Å². The monoisotopic (exact) mass is 423 g/mol. The van der Waals surface area contributed by atoms with Crippen molar-refractivity contribution in [2.75, 3.05) is 24.5 Å². The molecule has 2 aliphatic heterocycles. The first-order chi connectivity index (χ1) is 15.1. The van der Waals surface area contributed by atoms with Crippen molar-refractivity contribution in [3.8, 4) is 5.69 Å². The fourth-order valence-electron chi connectivity index (χ4n) is 5.49. The molecule has 1 spiro atoms. The number of nitrogens with zero attached hydrogens (tertiary/aromatic N) is 5. The molecule has 1 unspecified atom stereocenters. The molecular formula is C23H29N5O3. The molecule has 1 N–H and O–H groups in total. The molecule has 1 aliphatic carbocycles. The number of aromatic nitrogens is 3. The second-order valence-corrected chi connectivity index (χ2v) is 9.17. The van der Waals surface area contributed by atoms with E-state index in [2.05, 4.69) is 19.8 Å². The Balaban J connectivity index is 1.31. The van der Waals surface area contributed by atoms with Crippen LogP contribution in [-0.4, -0.2) is 62.2 Å². The number of carbonyl (C=O) groups is 1. The predicted octanol–water partition coefficient (Wildman–Crippen LogP) is 1.75. The zero-order valence-electron chi connectivity index (χ0n) is 17.7. The lowest BCUT2D eigenvalue weighted by Crippen LogP contribution is -2.50. The number of piperidine rings is 1. The predicted molar refractivity (Wildman–Crippen MR) is 116 cm³/mol. The van der Waals surface area contributed by atoms with Gasteiger partial charge in [0.05, 0.1) is 29.6 Å². The van der Waals surface area contributed by atoms with Crippen LogP contribution in [0.25, 0.3) is 5.69 Å². The van der Waals surface area contributed by atoms with Gasteiger partial charge in [0.1, 0.15) is 0 Å². The summed E-state index contributed by atoms with van der Waals surface area (Å²) in [4.78, 5) is 38.7. The molecule has 164 valence electrons. The van der Waals surface area contributed by atoms with Gasteiger partial charge in [0.2, 0.25) is 11.9 Å². The number of anilines is 1. The van der Waals surface area contributed by atoms with E-state index in [1.165, 1.54) is 10.6 Å². The molecule has 2 aromatic heterocycles. The van der Waals surface area contributed by atoms with Crippen LogP contribution in [0.2, 0.25) is 0 Å². The maximum Gasteiger partial charge on any atom is 0.255 e. The molecule has 5 rings (SSSR count). The average Bonchev–Trinajstić information content (AvgIpc) is 3.10. The molecule has 31 heavy (non-hydrogen) atoms. The number of carbonyl (C=O) groups excluding carboxylic acids is 1. The average molecular weight is 424 g/mol. The van der Waals surface area contributed by atoms with Crippen molar-refractivity contribution >= 4 is 11.9 Å². The molecule has 1 atom stereocenters. The molecule has 2 aromatic rings. The highest BCUT2D eigenvalue weighted by Gasteiger charge is 2.50. The zero-order valence-corrected chi connectivity index (χ0v) is 17.7. The Morgan fingerprint density at radius 1 is 1.00 bits per heavy atom. The maximum absolute atomic E-state index is 13.5. The smallest absolute Gasteiger partial charge is 0.255 e. The minimum atomic E-state index is -0.354.